The summed E-state index contributed by atoms with van der Waals surface area (Å²) in [6.07, 6.45) is 1.34. The highest BCUT2D eigenvalue weighted by Gasteiger charge is 2.42. The van der Waals surface area contributed by atoms with Gasteiger partial charge in [-0.3, -0.25) is 9.59 Å². The Kier molecular flexibility index (Phi) is 5.75. The van der Waals surface area contributed by atoms with Gasteiger partial charge in [-0.05, 0) is 39.8 Å². The largest absolute Gasteiger partial charge is 0.484 e. The van der Waals surface area contributed by atoms with E-state index in [1.807, 2.05) is 52.0 Å². The summed E-state index contributed by atoms with van der Waals surface area (Å²) in [7, 11) is 0. The number of fused-ring (bicyclic) bond motifs is 1. The average molecular weight is 427 g/mol. The first-order valence-electron chi connectivity index (χ1n) is 10.8. The number of nitrogens with zero attached hydrogens (tertiary/aromatic N) is 3. The van der Waals surface area contributed by atoms with Gasteiger partial charge in [-0.25, -0.2) is 4.68 Å². The normalized spacial score (nSPS) is 18.0. The summed E-state index contributed by atoms with van der Waals surface area (Å²) in [4.78, 5) is 28.0. The number of amides is 2. The molecule has 1 aromatic heterocycles. The van der Waals surface area contributed by atoms with Crippen molar-refractivity contribution in [3.05, 3.63) is 41.1 Å². The maximum atomic E-state index is 13.4. The topological polar surface area (TPSA) is 85.7 Å². The van der Waals surface area contributed by atoms with Gasteiger partial charge in [0.1, 0.15) is 23.7 Å². The maximum Gasteiger partial charge on any atom is 0.258 e. The van der Waals surface area contributed by atoms with Crippen molar-refractivity contribution in [2.24, 2.45) is 0 Å². The number of benzene rings is 1. The Hall–Kier alpha value is -2.87. The zero-order valence-electron chi connectivity index (χ0n) is 18.6. The fourth-order valence-corrected chi connectivity index (χ4v) is 4.25. The van der Waals surface area contributed by atoms with E-state index < -0.39 is 5.60 Å². The molecule has 0 radical (unpaired) electrons. The molecule has 2 aliphatic heterocycles. The zero-order valence-corrected chi connectivity index (χ0v) is 18.6. The van der Waals surface area contributed by atoms with E-state index >= 15 is 0 Å². The lowest BCUT2D eigenvalue weighted by molar-refractivity contribution is -0.117. The summed E-state index contributed by atoms with van der Waals surface area (Å²) < 4.78 is 13.7. The molecule has 0 atom stereocenters. The number of carbonyl (C=O) groups is 2. The molecule has 1 fully saturated rings. The van der Waals surface area contributed by atoms with Crippen molar-refractivity contribution in [1.82, 2.24) is 14.7 Å². The number of carbonyl (C=O) groups excluding carboxylic acids is 2. The minimum absolute atomic E-state index is 0.0551. The second-order valence-electron chi connectivity index (χ2n) is 8.82. The standard InChI is InChI=1S/C23H30N4O4/c1-15(2)27-20(12-17(4)25-27)24-21(28)13-26-14-23(7-9-30-10-8-23)31-19-6-5-16(3)11-18(19)22(26)29/h5-6,11-12,15H,7-10,13-14H2,1-4H3,(H,24,28). The second-order valence-corrected chi connectivity index (χ2v) is 8.82. The Morgan fingerprint density at radius 3 is 2.68 bits per heavy atom. The molecule has 0 aliphatic carbocycles. The molecular formula is C23H30N4O4. The molecule has 1 saturated heterocycles. The predicted octanol–water partition coefficient (Wildman–Crippen LogP) is 3.10. The summed E-state index contributed by atoms with van der Waals surface area (Å²) in [5.74, 6) is 0.765. The molecule has 0 unspecified atom stereocenters. The smallest absolute Gasteiger partial charge is 0.258 e. The molecular weight excluding hydrogens is 396 g/mol. The van der Waals surface area contributed by atoms with Crippen molar-refractivity contribution in [3.8, 4) is 5.75 Å². The molecule has 31 heavy (non-hydrogen) atoms. The Morgan fingerprint density at radius 2 is 1.97 bits per heavy atom. The molecule has 8 nitrogen and oxygen atoms in total. The molecule has 2 aliphatic rings. The Labute approximate surface area is 182 Å². The van der Waals surface area contributed by atoms with Gasteiger partial charge in [-0.2, -0.15) is 5.10 Å². The van der Waals surface area contributed by atoms with Gasteiger partial charge >= 0.3 is 0 Å². The Balaban J connectivity index is 1.60. The molecule has 2 amide bonds. The molecule has 4 rings (SSSR count). The molecule has 1 N–H and O–H groups in total. The van der Waals surface area contributed by atoms with E-state index in [1.54, 1.807) is 9.58 Å². The molecule has 0 bridgehead atoms. The van der Waals surface area contributed by atoms with Gasteiger partial charge in [0.15, 0.2) is 0 Å². The Bertz CT molecular complexity index is 991. The number of hydrogen-bond acceptors (Lipinski definition) is 5. The van der Waals surface area contributed by atoms with E-state index in [2.05, 4.69) is 10.4 Å². The lowest BCUT2D eigenvalue weighted by Gasteiger charge is -2.38. The van der Waals surface area contributed by atoms with Gasteiger partial charge in [0.05, 0.1) is 31.0 Å². The fourth-order valence-electron chi connectivity index (χ4n) is 4.25. The molecule has 1 spiro atoms. The highest BCUT2D eigenvalue weighted by atomic mass is 16.5. The van der Waals surface area contributed by atoms with Crippen LogP contribution in [0.1, 0.15) is 54.3 Å². The van der Waals surface area contributed by atoms with Crippen molar-refractivity contribution in [2.75, 3.05) is 31.6 Å². The number of rotatable bonds is 4. The van der Waals surface area contributed by atoms with Crippen LogP contribution in [0.5, 0.6) is 5.75 Å². The van der Waals surface area contributed by atoms with E-state index in [1.165, 1.54) is 0 Å². The van der Waals surface area contributed by atoms with Gasteiger partial charge < -0.3 is 19.7 Å². The van der Waals surface area contributed by atoms with Gasteiger partial charge in [-0.1, -0.05) is 11.6 Å². The fraction of sp³-hybridized carbons (Fsp3) is 0.522. The van der Waals surface area contributed by atoms with Crippen molar-refractivity contribution in [2.45, 2.75) is 52.2 Å². The van der Waals surface area contributed by atoms with Crippen LogP contribution in [-0.4, -0.2) is 58.4 Å². The summed E-state index contributed by atoms with van der Waals surface area (Å²) in [5, 5.41) is 7.37. The van der Waals surface area contributed by atoms with Crippen molar-refractivity contribution in [1.29, 1.82) is 0 Å². The minimum Gasteiger partial charge on any atom is -0.484 e. The van der Waals surface area contributed by atoms with Crippen LogP contribution in [0.4, 0.5) is 5.82 Å². The zero-order chi connectivity index (χ0) is 22.2. The number of anilines is 1. The van der Waals surface area contributed by atoms with Crippen LogP contribution in [0.15, 0.2) is 24.3 Å². The van der Waals surface area contributed by atoms with E-state index in [9.17, 15) is 9.59 Å². The van der Waals surface area contributed by atoms with Gasteiger partial charge in [0.2, 0.25) is 5.91 Å². The monoisotopic (exact) mass is 426 g/mol. The molecule has 1 aromatic carbocycles. The first-order chi connectivity index (χ1) is 14.8. The van der Waals surface area contributed by atoms with Gasteiger partial charge in [0, 0.05) is 24.9 Å². The van der Waals surface area contributed by atoms with Crippen LogP contribution in [-0.2, 0) is 9.53 Å². The van der Waals surface area contributed by atoms with Crippen molar-refractivity contribution >= 4 is 17.6 Å². The van der Waals surface area contributed by atoms with Crippen LogP contribution in [0.2, 0.25) is 0 Å². The lowest BCUT2D eigenvalue weighted by atomic mass is 9.93. The van der Waals surface area contributed by atoms with Gasteiger partial charge in [-0.15, -0.1) is 0 Å². The van der Waals surface area contributed by atoms with Crippen molar-refractivity contribution < 1.29 is 19.1 Å². The Morgan fingerprint density at radius 1 is 1.23 bits per heavy atom. The van der Waals surface area contributed by atoms with E-state index in [0.717, 1.165) is 11.3 Å². The number of aromatic nitrogens is 2. The quantitative estimate of drug-likeness (QED) is 0.812. The van der Waals surface area contributed by atoms with Crippen LogP contribution in [0.3, 0.4) is 0 Å². The highest BCUT2D eigenvalue weighted by molar-refractivity contribution is 6.01. The first-order valence-corrected chi connectivity index (χ1v) is 10.8. The number of hydrogen-bond donors (Lipinski definition) is 1. The van der Waals surface area contributed by atoms with Crippen LogP contribution in [0.25, 0.3) is 0 Å². The third-order valence-corrected chi connectivity index (χ3v) is 5.81. The summed E-state index contributed by atoms with van der Waals surface area (Å²) in [6.45, 7) is 9.27. The lowest BCUT2D eigenvalue weighted by Crippen LogP contribution is -2.52. The molecule has 3 heterocycles. The molecule has 2 aromatic rings. The van der Waals surface area contributed by atoms with Crippen LogP contribution >= 0.6 is 0 Å². The minimum atomic E-state index is -0.551. The highest BCUT2D eigenvalue weighted by Crippen LogP contribution is 2.35. The number of nitrogens with one attached hydrogen (secondary N) is 1. The molecule has 0 saturated carbocycles. The maximum absolute atomic E-state index is 13.4. The van der Waals surface area contributed by atoms with Gasteiger partial charge in [0.25, 0.3) is 5.91 Å². The molecule has 8 heteroatoms. The number of ether oxygens (including phenoxy) is 2. The average Bonchev–Trinajstić information content (AvgIpc) is 3.04. The summed E-state index contributed by atoms with van der Waals surface area (Å²) >= 11 is 0. The SMILES string of the molecule is Cc1ccc2c(c1)C(=O)N(CC(=O)Nc1cc(C)nn1C(C)C)CC1(CCOCC1)O2. The second kappa shape index (κ2) is 8.34. The van der Waals surface area contributed by atoms with E-state index in [-0.39, 0.29) is 24.4 Å². The third kappa shape index (κ3) is 4.44. The van der Waals surface area contributed by atoms with E-state index in [4.69, 9.17) is 9.47 Å². The van der Waals surface area contributed by atoms with Crippen LogP contribution in [0, 0.1) is 13.8 Å². The summed E-state index contributed by atoms with van der Waals surface area (Å²) in [5.41, 5.74) is 1.75. The molecule has 166 valence electrons. The third-order valence-electron chi connectivity index (χ3n) is 5.81. The van der Waals surface area contributed by atoms with E-state index in [0.29, 0.717) is 49.7 Å². The first kappa shape index (κ1) is 21.4. The summed E-state index contributed by atoms with van der Waals surface area (Å²) in [6, 6.07) is 7.57. The number of aryl methyl sites for hydroxylation is 2. The predicted molar refractivity (Wildman–Crippen MR) is 116 cm³/mol. The van der Waals surface area contributed by atoms with Crippen molar-refractivity contribution in [3.63, 3.8) is 0 Å². The van der Waals surface area contributed by atoms with Crippen LogP contribution < -0.4 is 10.1 Å².